The van der Waals surface area contributed by atoms with E-state index in [2.05, 4.69) is 26.5 Å². The van der Waals surface area contributed by atoms with Crippen molar-refractivity contribution in [1.29, 1.82) is 0 Å². The summed E-state index contributed by atoms with van der Waals surface area (Å²) < 4.78 is 36.7. The molecule has 0 saturated heterocycles. The monoisotopic (exact) mass is 561 g/mol. The van der Waals surface area contributed by atoms with E-state index in [1.54, 1.807) is 19.1 Å². The normalized spacial score (nSPS) is 11.3. The number of hydrogen-bond acceptors (Lipinski definition) is 8. The fourth-order valence-electron chi connectivity index (χ4n) is 2.92. The molecule has 0 unspecified atom stereocenters. The molecule has 0 bridgehead atoms. The summed E-state index contributed by atoms with van der Waals surface area (Å²) in [6, 6.07) is 14.7. The lowest BCUT2D eigenvalue weighted by atomic mass is 10.2. The summed E-state index contributed by atoms with van der Waals surface area (Å²) in [6.07, 6.45) is 1.28. The number of benzene rings is 3. The van der Waals surface area contributed by atoms with E-state index in [9.17, 15) is 23.3 Å². The van der Waals surface area contributed by atoms with Crippen LogP contribution in [0.3, 0.4) is 0 Å². The summed E-state index contributed by atoms with van der Waals surface area (Å²) in [7, 11) is -4.13. The average Bonchev–Trinajstić information content (AvgIpc) is 2.81. The number of hydrazone groups is 1. The molecule has 0 saturated carbocycles. The van der Waals surface area contributed by atoms with Crippen molar-refractivity contribution >= 4 is 43.9 Å². The number of hydrogen-bond donors (Lipinski definition) is 1. The number of nitrogens with zero attached hydrogens (tertiary/aromatic N) is 2. The molecule has 182 valence electrons. The highest BCUT2D eigenvalue weighted by Crippen LogP contribution is 2.38. The topological polar surface area (TPSA) is 137 Å². The van der Waals surface area contributed by atoms with Crippen LogP contribution in [-0.2, 0) is 10.1 Å². The van der Waals surface area contributed by atoms with Gasteiger partial charge in [-0.2, -0.15) is 13.5 Å². The van der Waals surface area contributed by atoms with Crippen molar-refractivity contribution in [2.24, 2.45) is 5.10 Å². The van der Waals surface area contributed by atoms with Crippen LogP contribution in [0.5, 0.6) is 11.5 Å². The highest BCUT2D eigenvalue weighted by Gasteiger charge is 2.22. The highest BCUT2D eigenvalue weighted by atomic mass is 79.9. The Bertz CT molecular complexity index is 1390. The summed E-state index contributed by atoms with van der Waals surface area (Å²) in [4.78, 5) is 22.7. The predicted octanol–water partition coefficient (Wildman–Crippen LogP) is 4.60. The summed E-state index contributed by atoms with van der Waals surface area (Å²) in [5, 5.41) is 14.9. The minimum atomic E-state index is -4.13. The second kappa shape index (κ2) is 11.1. The Morgan fingerprint density at radius 2 is 1.86 bits per heavy atom. The van der Waals surface area contributed by atoms with Crippen molar-refractivity contribution in [1.82, 2.24) is 5.43 Å². The molecular formula is C23H20BrN3O7S. The summed E-state index contributed by atoms with van der Waals surface area (Å²) >= 11 is 3.29. The smallest absolute Gasteiger partial charge is 0.339 e. The average molecular weight is 562 g/mol. The van der Waals surface area contributed by atoms with E-state index in [-0.39, 0.29) is 38.7 Å². The van der Waals surface area contributed by atoms with Gasteiger partial charge in [-0.05, 0) is 65.7 Å². The van der Waals surface area contributed by atoms with E-state index in [1.165, 1.54) is 54.7 Å². The molecule has 3 aromatic rings. The van der Waals surface area contributed by atoms with Crippen molar-refractivity contribution in [3.8, 4) is 11.5 Å². The predicted molar refractivity (Wildman–Crippen MR) is 132 cm³/mol. The van der Waals surface area contributed by atoms with Gasteiger partial charge in [0.05, 0.1) is 22.2 Å². The Balaban J connectivity index is 1.84. The highest BCUT2D eigenvalue weighted by molar-refractivity contribution is 9.10. The fourth-order valence-corrected chi connectivity index (χ4v) is 4.52. The molecule has 10 nitrogen and oxygen atoms in total. The molecule has 12 heteroatoms. The first-order chi connectivity index (χ1) is 16.6. The van der Waals surface area contributed by atoms with Crippen LogP contribution in [0, 0.1) is 17.0 Å². The second-order valence-electron chi connectivity index (χ2n) is 7.09. The molecule has 0 aliphatic heterocycles. The lowest BCUT2D eigenvalue weighted by Gasteiger charge is -2.14. The largest absolute Gasteiger partial charge is 0.490 e. The first-order valence-electron chi connectivity index (χ1n) is 10.2. The molecule has 0 fully saturated rings. The number of aryl methyl sites for hydroxylation is 1. The molecule has 0 atom stereocenters. The van der Waals surface area contributed by atoms with Gasteiger partial charge in [-0.1, -0.05) is 29.8 Å². The van der Waals surface area contributed by atoms with Crippen molar-refractivity contribution in [2.75, 3.05) is 6.61 Å². The molecule has 3 rings (SSSR count). The summed E-state index contributed by atoms with van der Waals surface area (Å²) in [6.45, 7) is 3.78. The zero-order valence-electron chi connectivity index (χ0n) is 18.6. The number of nitrogens with one attached hydrogen (secondary N) is 1. The maximum absolute atomic E-state index is 12.7. The van der Waals surface area contributed by atoms with Crippen molar-refractivity contribution in [3.05, 3.63) is 91.9 Å². The van der Waals surface area contributed by atoms with Gasteiger partial charge < -0.3 is 8.92 Å². The number of carbonyl (C=O) groups excluding carboxylic acids is 1. The summed E-state index contributed by atoms with van der Waals surface area (Å²) in [5.41, 5.74) is 3.08. The van der Waals surface area contributed by atoms with Crippen LogP contribution in [0.1, 0.15) is 28.4 Å². The Kier molecular flexibility index (Phi) is 8.20. The Morgan fingerprint density at radius 3 is 2.51 bits per heavy atom. The second-order valence-corrected chi connectivity index (χ2v) is 9.49. The maximum atomic E-state index is 12.7. The van der Waals surface area contributed by atoms with Crippen LogP contribution in [0.15, 0.2) is 75.1 Å². The number of nitro groups is 1. The Morgan fingerprint density at radius 1 is 1.17 bits per heavy atom. The van der Waals surface area contributed by atoms with E-state index >= 15 is 0 Å². The van der Waals surface area contributed by atoms with Gasteiger partial charge in [0.15, 0.2) is 11.5 Å². The SMILES string of the molecule is CCOc1cc(C=NNC(=O)c2ccccc2[N+](=O)[O-])cc(Br)c1OS(=O)(=O)c1ccc(C)cc1. The molecule has 0 radical (unpaired) electrons. The van der Waals surface area contributed by atoms with E-state index in [1.807, 2.05) is 6.92 Å². The Labute approximate surface area is 210 Å². The van der Waals surface area contributed by atoms with Gasteiger partial charge in [-0.25, -0.2) is 5.43 Å². The van der Waals surface area contributed by atoms with Crippen LogP contribution in [0.2, 0.25) is 0 Å². The molecule has 1 amide bonds. The first kappa shape index (κ1) is 25.8. The number of amides is 1. The molecule has 35 heavy (non-hydrogen) atoms. The lowest BCUT2D eigenvalue weighted by Crippen LogP contribution is -2.19. The molecule has 3 aromatic carbocycles. The fraction of sp³-hybridized carbons (Fsp3) is 0.130. The third-order valence-electron chi connectivity index (χ3n) is 4.56. The van der Waals surface area contributed by atoms with Gasteiger partial charge in [-0.3, -0.25) is 14.9 Å². The molecule has 0 aliphatic carbocycles. The van der Waals surface area contributed by atoms with Crippen LogP contribution >= 0.6 is 15.9 Å². The minimum Gasteiger partial charge on any atom is -0.490 e. The third kappa shape index (κ3) is 6.43. The van der Waals surface area contributed by atoms with Gasteiger partial charge in [0, 0.05) is 6.07 Å². The molecule has 0 aliphatic rings. The van der Waals surface area contributed by atoms with Crippen molar-refractivity contribution < 1.29 is 27.1 Å². The van der Waals surface area contributed by atoms with Crippen LogP contribution in [0.25, 0.3) is 0 Å². The number of rotatable bonds is 9. The standard InChI is InChI=1S/C23H20BrN3O7S/c1-3-33-21-13-16(14-25-26-23(28)18-6-4-5-7-20(18)27(29)30)12-19(24)22(21)34-35(31,32)17-10-8-15(2)9-11-17/h4-14H,3H2,1-2H3,(H,26,28). The van der Waals surface area contributed by atoms with Gasteiger partial charge in [0.2, 0.25) is 0 Å². The lowest BCUT2D eigenvalue weighted by molar-refractivity contribution is -0.385. The van der Waals surface area contributed by atoms with Gasteiger partial charge in [0.1, 0.15) is 10.5 Å². The van der Waals surface area contributed by atoms with Crippen molar-refractivity contribution in [2.45, 2.75) is 18.7 Å². The third-order valence-corrected chi connectivity index (χ3v) is 6.38. The maximum Gasteiger partial charge on any atom is 0.339 e. The number of ether oxygens (including phenoxy) is 1. The van der Waals surface area contributed by atoms with E-state index in [0.29, 0.717) is 5.56 Å². The minimum absolute atomic E-state index is 0.0131. The quantitative estimate of drug-likeness (QED) is 0.174. The molecular weight excluding hydrogens is 542 g/mol. The van der Waals surface area contributed by atoms with Gasteiger partial charge in [0.25, 0.3) is 11.6 Å². The molecule has 1 N–H and O–H groups in total. The zero-order valence-corrected chi connectivity index (χ0v) is 21.0. The van der Waals surface area contributed by atoms with Gasteiger partial charge >= 0.3 is 10.1 Å². The Hall–Kier alpha value is -3.77. The zero-order chi connectivity index (χ0) is 25.6. The summed E-state index contributed by atoms with van der Waals surface area (Å²) in [5.74, 6) is -0.681. The number of halogens is 1. The van der Waals surface area contributed by atoms with Crippen LogP contribution in [-0.4, -0.2) is 32.1 Å². The number of para-hydroxylation sites is 1. The van der Waals surface area contributed by atoms with Crippen molar-refractivity contribution in [3.63, 3.8) is 0 Å². The number of carbonyl (C=O) groups is 1. The molecule has 0 aromatic heterocycles. The van der Waals surface area contributed by atoms with Crippen LogP contribution < -0.4 is 14.3 Å². The number of nitro benzene ring substituents is 1. The molecule has 0 heterocycles. The van der Waals surface area contributed by atoms with E-state index in [4.69, 9.17) is 8.92 Å². The van der Waals surface area contributed by atoms with Crippen LogP contribution in [0.4, 0.5) is 5.69 Å². The first-order valence-corrected chi connectivity index (χ1v) is 12.4. The molecule has 0 spiro atoms. The van der Waals surface area contributed by atoms with E-state index in [0.717, 1.165) is 5.56 Å². The van der Waals surface area contributed by atoms with E-state index < -0.39 is 20.9 Å². The van der Waals surface area contributed by atoms with Gasteiger partial charge in [-0.15, -0.1) is 0 Å².